The zero-order valence-electron chi connectivity index (χ0n) is 16.2. The Balaban J connectivity index is 1.85. The van der Waals surface area contributed by atoms with Gasteiger partial charge in [0.1, 0.15) is 11.5 Å². The highest BCUT2D eigenvalue weighted by Gasteiger charge is 2.18. The summed E-state index contributed by atoms with van der Waals surface area (Å²) in [4.78, 5) is 19.5. The summed E-state index contributed by atoms with van der Waals surface area (Å²) in [5.74, 6) is 1.11. The number of hydrogen-bond acceptors (Lipinski definition) is 4. The van der Waals surface area contributed by atoms with Gasteiger partial charge in [-0.3, -0.25) is 9.78 Å². The van der Waals surface area contributed by atoms with E-state index < -0.39 is 0 Å². The fourth-order valence-corrected chi connectivity index (χ4v) is 2.97. The van der Waals surface area contributed by atoms with E-state index in [-0.39, 0.29) is 5.91 Å². The number of pyridine rings is 1. The zero-order chi connectivity index (χ0) is 19.8. The predicted octanol–water partition coefficient (Wildman–Crippen LogP) is 3.98. The Morgan fingerprint density at radius 2 is 1.61 bits per heavy atom. The third kappa shape index (κ3) is 5.10. The van der Waals surface area contributed by atoms with Crippen molar-refractivity contribution in [2.45, 2.75) is 13.0 Å². The Morgan fingerprint density at radius 3 is 2.21 bits per heavy atom. The number of carbonyl (C=O) groups excluding carboxylic acids is 1. The van der Waals surface area contributed by atoms with E-state index in [2.05, 4.69) is 4.98 Å². The third-order valence-corrected chi connectivity index (χ3v) is 4.47. The number of hydrogen-bond donors (Lipinski definition) is 0. The molecule has 0 atom stereocenters. The van der Waals surface area contributed by atoms with Crippen molar-refractivity contribution in [1.29, 1.82) is 0 Å². The number of nitrogens with zero attached hydrogens (tertiary/aromatic N) is 2. The van der Waals surface area contributed by atoms with Crippen LogP contribution >= 0.6 is 0 Å². The highest BCUT2D eigenvalue weighted by atomic mass is 16.5. The van der Waals surface area contributed by atoms with Crippen LogP contribution < -0.4 is 9.47 Å². The van der Waals surface area contributed by atoms with Crippen LogP contribution in [0, 0.1) is 0 Å². The summed E-state index contributed by atoms with van der Waals surface area (Å²) in [6.07, 6.45) is 2.45. The van der Waals surface area contributed by atoms with E-state index in [0.29, 0.717) is 36.6 Å². The Hall–Kier alpha value is -3.34. The summed E-state index contributed by atoms with van der Waals surface area (Å²) >= 11 is 0. The van der Waals surface area contributed by atoms with Crippen molar-refractivity contribution < 1.29 is 14.3 Å². The average molecular weight is 376 g/mol. The molecule has 0 spiro atoms. The number of methoxy groups -OCH3 is 2. The van der Waals surface area contributed by atoms with Crippen molar-refractivity contribution in [3.05, 3.63) is 89.7 Å². The van der Waals surface area contributed by atoms with Gasteiger partial charge < -0.3 is 14.4 Å². The molecule has 144 valence electrons. The molecule has 0 saturated heterocycles. The first-order valence-corrected chi connectivity index (χ1v) is 9.16. The SMILES string of the molecule is COc1cc(OC)cc(C(=O)N(CCc2ccccn2)Cc2ccccc2)c1. The summed E-state index contributed by atoms with van der Waals surface area (Å²) in [5.41, 5.74) is 2.57. The quantitative estimate of drug-likeness (QED) is 0.597. The van der Waals surface area contributed by atoms with Crippen molar-refractivity contribution in [3.8, 4) is 11.5 Å². The summed E-state index contributed by atoms with van der Waals surface area (Å²) in [6.45, 7) is 1.08. The second kappa shape index (κ2) is 9.55. The number of aromatic nitrogens is 1. The van der Waals surface area contributed by atoms with Gasteiger partial charge in [0, 0.05) is 43.0 Å². The fourth-order valence-electron chi connectivity index (χ4n) is 2.97. The third-order valence-electron chi connectivity index (χ3n) is 4.47. The molecule has 5 nitrogen and oxygen atoms in total. The minimum Gasteiger partial charge on any atom is -0.497 e. The Morgan fingerprint density at radius 1 is 0.929 bits per heavy atom. The van der Waals surface area contributed by atoms with Gasteiger partial charge in [-0.15, -0.1) is 0 Å². The molecule has 1 aromatic heterocycles. The molecule has 28 heavy (non-hydrogen) atoms. The maximum absolute atomic E-state index is 13.3. The lowest BCUT2D eigenvalue weighted by molar-refractivity contribution is 0.0744. The number of carbonyl (C=O) groups is 1. The van der Waals surface area contributed by atoms with Crippen molar-refractivity contribution in [1.82, 2.24) is 9.88 Å². The molecule has 0 aliphatic rings. The zero-order valence-corrected chi connectivity index (χ0v) is 16.2. The minimum atomic E-state index is -0.0722. The molecule has 1 heterocycles. The molecule has 0 bridgehead atoms. The predicted molar refractivity (Wildman–Crippen MR) is 109 cm³/mol. The molecule has 0 saturated carbocycles. The van der Waals surface area contributed by atoms with Crippen molar-refractivity contribution in [2.75, 3.05) is 20.8 Å². The number of benzene rings is 2. The van der Waals surface area contributed by atoms with Gasteiger partial charge in [-0.1, -0.05) is 36.4 Å². The van der Waals surface area contributed by atoms with Crippen LogP contribution in [0.25, 0.3) is 0 Å². The van der Waals surface area contributed by atoms with E-state index in [1.165, 1.54) is 0 Å². The lowest BCUT2D eigenvalue weighted by Gasteiger charge is -2.23. The first-order valence-electron chi connectivity index (χ1n) is 9.16. The molecule has 3 rings (SSSR count). The molecule has 0 fully saturated rings. The van der Waals surface area contributed by atoms with Gasteiger partial charge in [-0.2, -0.15) is 0 Å². The van der Waals surface area contributed by atoms with Gasteiger partial charge in [0.05, 0.1) is 14.2 Å². The lowest BCUT2D eigenvalue weighted by atomic mass is 10.1. The second-order valence-electron chi connectivity index (χ2n) is 6.38. The van der Waals surface area contributed by atoms with Crippen LogP contribution in [-0.2, 0) is 13.0 Å². The molecule has 0 N–H and O–H groups in total. The van der Waals surface area contributed by atoms with Crippen LogP contribution in [-0.4, -0.2) is 36.6 Å². The summed E-state index contributed by atoms with van der Waals surface area (Å²) in [6, 6.07) is 21.0. The largest absolute Gasteiger partial charge is 0.497 e. The topological polar surface area (TPSA) is 51.7 Å². The van der Waals surface area contributed by atoms with Gasteiger partial charge >= 0.3 is 0 Å². The molecule has 0 aliphatic heterocycles. The van der Waals surface area contributed by atoms with Crippen LogP contribution in [0.5, 0.6) is 11.5 Å². The number of ether oxygens (including phenoxy) is 2. The Bertz CT molecular complexity index is 876. The van der Waals surface area contributed by atoms with Crippen LogP contribution in [0.3, 0.4) is 0 Å². The smallest absolute Gasteiger partial charge is 0.254 e. The van der Waals surface area contributed by atoms with Crippen molar-refractivity contribution in [2.24, 2.45) is 0 Å². The first-order chi connectivity index (χ1) is 13.7. The van der Waals surface area contributed by atoms with Gasteiger partial charge in [0.15, 0.2) is 0 Å². The van der Waals surface area contributed by atoms with E-state index in [1.807, 2.05) is 53.4 Å². The van der Waals surface area contributed by atoms with Crippen molar-refractivity contribution >= 4 is 5.91 Å². The molecule has 1 amide bonds. The molecular weight excluding hydrogens is 352 g/mol. The van der Waals surface area contributed by atoms with Gasteiger partial charge in [-0.05, 0) is 29.8 Å². The Labute approximate surface area is 165 Å². The molecule has 2 aromatic carbocycles. The van der Waals surface area contributed by atoms with Gasteiger partial charge in [0.2, 0.25) is 0 Å². The van der Waals surface area contributed by atoms with Crippen LogP contribution in [0.4, 0.5) is 0 Å². The van der Waals surface area contributed by atoms with E-state index >= 15 is 0 Å². The van der Waals surface area contributed by atoms with E-state index in [9.17, 15) is 4.79 Å². The number of rotatable bonds is 8. The Kier molecular flexibility index (Phi) is 6.63. The second-order valence-corrected chi connectivity index (χ2v) is 6.38. The first kappa shape index (κ1) is 19.4. The standard InChI is InChI=1S/C23H24N2O3/c1-27-21-14-19(15-22(16-21)28-2)23(26)25(17-18-8-4-3-5-9-18)13-11-20-10-6-7-12-24-20/h3-10,12,14-16H,11,13,17H2,1-2H3. The highest BCUT2D eigenvalue weighted by molar-refractivity contribution is 5.95. The average Bonchev–Trinajstić information content (AvgIpc) is 2.77. The van der Waals surface area contributed by atoms with Crippen LogP contribution in [0.15, 0.2) is 72.9 Å². The van der Waals surface area contributed by atoms with Gasteiger partial charge in [0.25, 0.3) is 5.91 Å². The highest BCUT2D eigenvalue weighted by Crippen LogP contribution is 2.24. The summed E-state index contributed by atoms with van der Waals surface area (Å²) < 4.78 is 10.6. The summed E-state index contributed by atoms with van der Waals surface area (Å²) in [7, 11) is 3.15. The molecule has 0 radical (unpaired) electrons. The minimum absolute atomic E-state index is 0.0722. The molecule has 0 unspecified atom stereocenters. The van der Waals surface area contributed by atoms with Crippen molar-refractivity contribution in [3.63, 3.8) is 0 Å². The number of amides is 1. The van der Waals surface area contributed by atoms with Crippen LogP contribution in [0.2, 0.25) is 0 Å². The van der Waals surface area contributed by atoms with E-state index in [0.717, 1.165) is 11.3 Å². The molecule has 5 heteroatoms. The fraction of sp³-hybridized carbons (Fsp3) is 0.217. The van der Waals surface area contributed by atoms with Crippen LogP contribution in [0.1, 0.15) is 21.6 Å². The maximum atomic E-state index is 13.3. The molecule has 3 aromatic rings. The maximum Gasteiger partial charge on any atom is 0.254 e. The molecule has 0 aliphatic carbocycles. The van der Waals surface area contributed by atoms with Gasteiger partial charge in [-0.25, -0.2) is 0 Å². The molecular formula is C23H24N2O3. The van der Waals surface area contributed by atoms with E-state index in [4.69, 9.17) is 9.47 Å². The lowest BCUT2D eigenvalue weighted by Crippen LogP contribution is -2.32. The van der Waals surface area contributed by atoms with E-state index in [1.54, 1.807) is 38.6 Å². The normalized spacial score (nSPS) is 10.4. The monoisotopic (exact) mass is 376 g/mol. The summed E-state index contributed by atoms with van der Waals surface area (Å²) in [5, 5.41) is 0.